The van der Waals surface area contributed by atoms with E-state index < -0.39 is 0 Å². The molecule has 0 saturated carbocycles. The van der Waals surface area contributed by atoms with Crippen molar-refractivity contribution in [3.8, 4) is 0 Å². The minimum atomic E-state index is 0. The fourth-order valence-electron chi connectivity index (χ4n) is 0. The van der Waals surface area contributed by atoms with Crippen molar-refractivity contribution in [1.82, 2.24) is 0 Å². The predicted octanol–water partition coefficient (Wildman–Crippen LogP) is -1.10. The standard InChI is InChI=1S/CH4N2.Li.H/c2-1-3;;/h1H,(H3,2,3);;. The third-order valence-corrected chi connectivity index (χ3v) is 0. The molecule has 4 heavy (non-hydrogen) atoms. The van der Waals surface area contributed by atoms with E-state index in [2.05, 4.69) is 5.73 Å². The minimum absolute atomic E-state index is 0. The summed E-state index contributed by atoms with van der Waals surface area (Å²) in [7, 11) is 0. The summed E-state index contributed by atoms with van der Waals surface area (Å²) in [5.74, 6) is 0. The maximum atomic E-state index is 5.86. The molecule has 0 heterocycles. The van der Waals surface area contributed by atoms with Crippen LogP contribution in [0.5, 0.6) is 0 Å². The van der Waals surface area contributed by atoms with Crippen LogP contribution < -0.4 is 5.73 Å². The second-order valence-electron chi connectivity index (χ2n) is 0.167. The van der Waals surface area contributed by atoms with E-state index in [1.165, 1.54) is 0 Å². The Kier molecular flexibility index (Phi) is 25.8. The van der Waals surface area contributed by atoms with Crippen molar-refractivity contribution in [2.45, 2.75) is 0 Å². The van der Waals surface area contributed by atoms with Gasteiger partial charge in [-0.2, -0.15) is 0 Å². The van der Waals surface area contributed by atoms with E-state index in [4.69, 9.17) is 5.41 Å². The van der Waals surface area contributed by atoms with Gasteiger partial charge in [0.1, 0.15) is 0 Å². The molecule has 0 radical (unpaired) electrons. The molecule has 2 nitrogen and oxygen atoms in total. The van der Waals surface area contributed by atoms with Gasteiger partial charge >= 0.3 is 18.9 Å². The molecule has 0 aromatic carbocycles. The van der Waals surface area contributed by atoms with Crippen molar-refractivity contribution in [3.63, 3.8) is 0 Å². The van der Waals surface area contributed by atoms with E-state index >= 15 is 0 Å². The van der Waals surface area contributed by atoms with Gasteiger partial charge in [0, 0.05) is 0 Å². The van der Waals surface area contributed by atoms with Crippen molar-refractivity contribution in [3.05, 3.63) is 0 Å². The number of hydrogen-bond acceptors (Lipinski definition) is 1. The summed E-state index contributed by atoms with van der Waals surface area (Å²) in [5, 5.41) is 5.86. The SMILES string of the molecule is N=CN.[LiH]. The Morgan fingerprint density at radius 2 is 1.75 bits per heavy atom. The molecular weight excluding hydrogens is 47.0 g/mol. The molecule has 0 aliphatic carbocycles. The molecule has 0 saturated heterocycles. The number of nitrogens with one attached hydrogen (secondary N) is 1. The van der Waals surface area contributed by atoms with E-state index in [0.29, 0.717) is 0 Å². The second-order valence-corrected chi connectivity index (χ2v) is 0.167. The Morgan fingerprint density at radius 1 is 1.75 bits per heavy atom. The summed E-state index contributed by atoms with van der Waals surface area (Å²) in [6, 6.07) is 0. The molecule has 0 aliphatic rings. The molecule has 0 aliphatic heterocycles. The third-order valence-electron chi connectivity index (χ3n) is 0. The average molecular weight is 52.0 g/mol. The van der Waals surface area contributed by atoms with Gasteiger partial charge in [-0.3, -0.25) is 5.41 Å². The molecule has 0 aromatic rings. The molecule has 20 valence electrons. The fraction of sp³-hybridized carbons (Fsp3) is 0. The zero-order valence-electron chi connectivity index (χ0n) is 1.65. The van der Waals surface area contributed by atoms with Crippen molar-refractivity contribution in [2.75, 3.05) is 0 Å². The topological polar surface area (TPSA) is 49.9 Å². The first kappa shape index (κ1) is 8.95. The van der Waals surface area contributed by atoms with Crippen LogP contribution in [-0.4, -0.2) is 25.2 Å². The van der Waals surface area contributed by atoms with E-state index in [1.54, 1.807) is 0 Å². The number of rotatable bonds is 0. The molecule has 0 atom stereocenters. The van der Waals surface area contributed by atoms with Crippen LogP contribution in [0.4, 0.5) is 0 Å². The van der Waals surface area contributed by atoms with Crippen LogP contribution >= 0.6 is 0 Å². The van der Waals surface area contributed by atoms with Gasteiger partial charge < -0.3 is 5.73 Å². The van der Waals surface area contributed by atoms with Crippen LogP contribution in [0.1, 0.15) is 0 Å². The molecule has 0 aromatic heterocycles. The number of nitrogens with two attached hydrogens (primary N) is 1. The number of hydrogen-bond donors (Lipinski definition) is 2. The zero-order chi connectivity index (χ0) is 2.71. The Balaban J connectivity index is 0. The summed E-state index contributed by atoms with van der Waals surface area (Å²) < 4.78 is 0. The van der Waals surface area contributed by atoms with Crippen LogP contribution in [0.25, 0.3) is 0 Å². The Morgan fingerprint density at radius 3 is 1.75 bits per heavy atom. The molecule has 0 unspecified atom stereocenters. The quantitative estimate of drug-likeness (QED) is 0.205. The zero-order valence-corrected chi connectivity index (χ0v) is 1.65. The monoisotopic (exact) mass is 52.1 g/mol. The summed E-state index contributed by atoms with van der Waals surface area (Å²) >= 11 is 0. The molecule has 0 spiro atoms. The summed E-state index contributed by atoms with van der Waals surface area (Å²) in [6.45, 7) is 0. The molecular formula is CH5LiN2. The van der Waals surface area contributed by atoms with Crippen molar-refractivity contribution >= 4 is 25.2 Å². The van der Waals surface area contributed by atoms with Crippen LogP contribution in [0.15, 0.2) is 0 Å². The van der Waals surface area contributed by atoms with Gasteiger partial charge in [-0.25, -0.2) is 0 Å². The fourth-order valence-corrected chi connectivity index (χ4v) is 0. The van der Waals surface area contributed by atoms with Gasteiger partial charge in [0.2, 0.25) is 0 Å². The molecule has 0 rings (SSSR count). The first-order valence-corrected chi connectivity index (χ1v) is 0.622. The summed E-state index contributed by atoms with van der Waals surface area (Å²) in [4.78, 5) is 0. The van der Waals surface area contributed by atoms with Crippen LogP contribution in [0, 0.1) is 5.41 Å². The predicted molar refractivity (Wildman–Crippen MR) is 20.1 cm³/mol. The Hall–Kier alpha value is 0.0674. The van der Waals surface area contributed by atoms with E-state index in [1.807, 2.05) is 0 Å². The van der Waals surface area contributed by atoms with E-state index in [-0.39, 0.29) is 18.9 Å². The van der Waals surface area contributed by atoms with Crippen LogP contribution in [0.2, 0.25) is 0 Å². The van der Waals surface area contributed by atoms with Gasteiger partial charge in [0.15, 0.2) is 0 Å². The van der Waals surface area contributed by atoms with Crippen LogP contribution in [-0.2, 0) is 0 Å². The van der Waals surface area contributed by atoms with E-state index in [0.717, 1.165) is 6.34 Å². The van der Waals surface area contributed by atoms with Gasteiger partial charge in [0.25, 0.3) is 0 Å². The molecule has 0 amide bonds. The third kappa shape index (κ3) is 518. The second kappa shape index (κ2) is 11.5. The Labute approximate surface area is 37.1 Å². The summed E-state index contributed by atoms with van der Waals surface area (Å²) in [5.41, 5.74) is 4.39. The summed E-state index contributed by atoms with van der Waals surface area (Å²) in [6.07, 6.45) is 0.750. The molecule has 3 N–H and O–H groups in total. The first-order chi connectivity index (χ1) is 1.41. The average Bonchev–Trinajstić information content (AvgIpc) is 0.918. The molecule has 3 heteroatoms. The van der Waals surface area contributed by atoms with Gasteiger partial charge in [0.05, 0.1) is 6.34 Å². The van der Waals surface area contributed by atoms with Crippen LogP contribution in [0.3, 0.4) is 0 Å². The van der Waals surface area contributed by atoms with Gasteiger partial charge in [-0.05, 0) is 0 Å². The van der Waals surface area contributed by atoms with Crippen molar-refractivity contribution in [1.29, 1.82) is 5.41 Å². The molecule has 0 fully saturated rings. The normalized spacial score (nSPS) is 3.00. The van der Waals surface area contributed by atoms with E-state index in [9.17, 15) is 0 Å². The van der Waals surface area contributed by atoms with Gasteiger partial charge in [-0.1, -0.05) is 0 Å². The molecule has 0 bridgehead atoms. The maximum absolute atomic E-state index is 5.86. The van der Waals surface area contributed by atoms with Crippen molar-refractivity contribution in [2.24, 2.45) is 5.73 Å². The van der Waals surface area contributed by atoms with Gasteiger partial charge in [-0.15, -0.1) is 0 Å². The Bertz CT molecular complexity index is 13.5. The van der Waals surface area contributed by atoms with Crippen molar-refractivity contribution < 1.29 is 0 Å². The first-order valence-electron chi connectivity index (χ1n) is 0.622.